The smallest absolute Gasteiger partial charge is 0.251 e. The van der Waals surface area contributed by atoms with Crippen molar-refractivity contribution < 1.29 is 4.79 Å². The molecule has 5 rings (SSSR count). The summed E-state index contributed by atoms with van der Waals surface area (Å²) in [5.41, 5.74) is 3.62. The SMILES string of the molecule is O=C(NC1CCC(n2cnc3cnc4[nH]ccc4c32)CC1)c1ccncc1. The molecule has 1 fully saturated rings. The zero-order valence-electron chi connectivity index (χ0n) is 14.8. The van der Waals surface area contributed by atoms with Crippen molar-refractivity contribution >= 4 is 28.0 Å². The van der Waals surface area contributed by atoms with Crippen molar-refractivity contribution in [1.82, 2.24) is 29.8 Å². The van der Waals surface area contributed by atoms with E-state index >= 15 is 0 Å². The molecular weight excluding hydrogens is 340 g/mol. The number of nitrogens with one attached hydrogen (secondary N) is 2. The number of nitrogens with zero attached hydrogens (tertiary/aromatic N) is 4. The number of carbonyl (C=O) groups is 1. The summed E-state index contributed by atoms with van der Waals surface area (Å²) in [5, 5.41) is 4.27. The van der Waals surface area contributed by atoms with Gasteiger partial charge in [0.05, 0.1) is 18.0 Å². The van der Waals surface area contributed by atoms with E-state index in [1.807, 2.05) is 18.7 Å². The van der Waals surface area contributed by atoms with Gasteiger partial charge in [-0.25, -0.2) is 9.97 Å². The second-order valence-electron chi connectivity index (χ2n) is 7.10. The van der Waals surface area contributed by atoms with Crippen molar-refractivity contribution in [2.45, 2.75) is 37.8 Å². The number of carbonyl (C=O) groups excluding carboxylic acids is 1. The van der Waals surface area contributed by atoms with E-state index in [1.54, 1.807) is 24.5 Å². The zero-order chi connectivity index (χ0) is 18.2. The largest absolute Gasteiger partial charge is 0.349 e. The maximum Gasteiger partial charge on any atom is 0.251 e. The molecule has 4 heterocycles. The van der Waals surface area contributed by atoms with E-state index in [-0.39, 0.29) is 11.9 Å². The molecule has 1 aliphatic rings. The molecule has 27 heavy (non-hydrogen) atoms. The van der Waals surface area contributed by atoms with Gasteiger partial charge in [-0.2, -0.15) is 0 Å². The first-order valence-electron chi connectivity index (χ1n) is 9.29. The van der Waals surface area contributed by atoms with E-state index in [0.29, 0.717) is 11.6 Å². The molecule has 0 radical (unpaired) electrons. The molecule has 0 bridgehead atoms. The number of aromatic amines is 1. The van der Waals surface area contributed by atoms with Gasteiger partial charge in [0, 0.05) is 41.6 Å². The summed E-state index contributed by atoms with van der Waals surface area (Å²) >= 11 is 0. The summed E-state index contributed by atoms with van der Waals surface area (Å²) in [6, 6.07) is 6.16. The highest BCUT2D eigenvalue weighted by atomic mass is 16.1. The molecule has 4 aromatic heterocycles. The van der Waals surface area contributed by atoms with Gasteiger partial charge in [0.2, 0.25) is 0 Å². The normalized spacial score (nSPS) is 20.1. The minimum Gasteiger partial charge on any atom is -0.349 e. The van der Waals surface area contributed by atoms with E-state index < -0.39 is 0 Å². The number of hydrogen-bond donors (Lipinski definition) is 2. The zero-order valence-corrected chi connectivity index (χ0v) is 14.8. The van der Waals surface area contributed by atoms with Crippen LogP contribution >= 0.6 is 0 Å². The lowest BCUT2D eigenvalue weighted by molar-refractivity contribution is 0.0922. The molecule has 0 unspecified atom stereocenters. The third-order valence-corrected chi connectivity index (χ3v) is 5.49. The van der Waals surface area contributed by atoms with Crippen LogP contribution < -0.4 is 5.32 Å². The van der Waals surface area contributed by atoms with Crippen molar-refractivity contribution in [1.29, 1.82) is 0 Å². The van der Waals surface area contributed by atoms with Crippen molar-refractivity contribution in [3.63, 3.8) is 0 Å². The van der Waals surface area contributed by atoms with Crippen LogP contribution in [-0.4, -0.2) is 36.5 Å². The van der Waals surface area contributed by atoms with Crippen LogP contribution in [0.15, 0.2) is 49.3 Å². The fourth-order valence-electron chi connectivity index (χ4n) is 4.08. The number of imidazole rings is 1. The summed E-state index contributed by atoms with van der Waals surface area (Å²) in [6.45, 7) is 0. The van der Waals surface area contributed by atoms with Crippen LogP contribution in [0.1, 0.15) is 42.1 Å². The first-order valence-corrected chi connectivity index (χ1v) is 9.29. The number of hydrogen-bond acceptors (Lipinski definition) is 4. The molecule has 7 nitrogen and oxygen atoms in total. The highest BCUT2D eigenvalue weighted by Gasteiger charge is 2.25. The fraction of sp³-hybridized carbons (Fsp3) is 0.300. The second-order valence-corrected chi connectivity index (χ2v) is 7.10. The third kappa shape index (κ3) is 2.85. The van der Waals surface area contributed by atoms with Gasteiger partial charge in [-0.05, 0) is 43.9 Å². The lowest BCUT2D eigenvalue weighted by Gasteiger charge is -2.30. The summed E-state index contributed by atoms with van der Waals surface area (Å²) in [6.07, 6.45) is 12.9. The van der Waals surface area contributed by atoms with Crippen molar-refractivity contribution in [2.24, 2.45) is 0 Å². The Morgan fingerprint density at radius 3 is 2.74 bits per heavy atom. The minimum atomic E-state index is -0.0194. The van der Waals surface area contributed by atoms with Crippen LogP contribution in [0.4, 0.5) is 0 Å². The van der Waals surface area contributed by atoms with Gasteiger partial charge in [0.25, 0.3) is 5.91 Å². The van der Waals surface area contributed by atoms with Gasteiger partial charge in [0.15, 0.2) is 0 Å². The Balaban J connectivity index is 1.32. The average molecular weight is 360 g/mol. The molecule has 1 saturated carbocycles. The molecule has 1 amide bonds. The summed E-state index contributed by atoms with van der Waals surface area (Å²) in [4.78, 5) is 28.4. The van der Waals surface area contributed by atoms with Crippen molar-refractivity contribution in [2.75, 3.05) is 0 Å². The van der Waals surface area contributed by atoms with Gasteiger partial charge < -0.3 is 14.9 Å². The van der Waals surface area contributed by atoms with Crippen LogP contribution in [0.5, 0.6) is 0 Å². The van der Waals surface area contributed by atoms with Crippen molar-refractivity contribution in [3.05, 3.63) is 54.9 Å². The Morgan fingerprint density at radius 2 is 1.93 bits per heavy atom. The van der Waals surface area contributed by atoms with Crippen LogP contribution in [0, 0.1) is 0 Å². The van der Waals surface area contributed by atoms with Crippen LogP contribution in [0.2, 0.25) is 0 Å². The Labute approximate surface area is 155 Å². The van der Waals surface area contributed by atoms with Gasteiger partial charge in [0.1, 0.15) is 11.2 Å². The van der Waals surface area contributed by atoms with Gasteiger partial charge in [-0.1, -0.05) is 0 Å². The molecule has 4 aromatic rings. The number of fused-ring (bicyclic) bond motifs is 3. The lowest BCUT2D eigenvalue weighted by atomic mass is 9.90. The summed E-state index contributed by atoms with van der Waals surface area (Å²) in [5.74, 6) is -0.0194. The van der Waals surface area contributed by atoms with Gasteiger partial charge in [-0.15, -0.1) is 0 Å². The molecular formula is C20H20N6O. The number of rotatable bonds is 3. The molecule has 0 saturated heterocycles. The highest BCUT2D eigenvalue weighted by molar-refractivity contribution is 6.01. The number of amides is 1. The molecule has 0 atom stereocenters. The monoisotopic (exact) mass is 360 g/mol. The van der Waals surface area contributed by atoms with Crippen LogP contribution in [0.3, 0.4) is 0 Å². The summed E-state index contributed by atoms with van der Waals surface area (Å²) < 4.78 is 2.29. The fourth-order valence-corrected chi connectivity index (χ4v) is 4.08. The average Bonchev–Trinajstić information content (AvgIpc) is 3.35. The second kappa shape index (κ2) is 6.50. The van der Waals surface area contributed by atoms with Crippen LogP contribution in [0.25, 0.3) is 22.1 Å². The predicted octanol–water partition coefficient (Wildman–Crippen LogP) is 3.22. The van der Waals surface area contributed by atoms with Gasteiger partial charge in [-0.3, -0.25) is 9.78 Å². The van der Waals surface area contributed by atoms with E-state index in [4.69, 9.17) is 0 Å². The Bertz CT molecular complexity index is 1090. The number of aromatic nitrogens is 5. The van der Waals surface area contributed by atoms with Crippen LogP contribution in [-0.2, 0) is 0 Å². The van der Waals surface area contributed by atoms with E-state index in [9.17, 15) is 4.79 Å². The Hall–Kier alpha value is -3.22. The molecule has 0 spiro atoms. The minimum absolute atomic E-state index is 0.0194. The first-order chi connectivity index (χ1) is 13.3. The Morgan fingerprint density at radius 1 is 1.11 bits per heavy atom. The molecule has 1 aliphatic carbocycles. The molecule has 136 valence electrons. The third-order valence-electron chi connectivity index (χ3n) is 5.49. The lowest BCUT2D eigenvalue weighted by Crippen LogP contribution is -2.37. The van der Waals surface area contributed by atoms with E-state index in [1.165, 1.54) is 0 Å². The maximum absolute atomic E-state index is 12.4. The topological polar surface area (TPSA) is 88.5 Å². The van der Waals surface area contributed by atoms with Crippen molar-refractivity contribution in [3.8, 4) is 0 Å². The van der Waals surface area contributed by atoms with Gasteiger partial charge >= 0.3 is 0 Å². The molecule has 0 aliphatic heterocycles. The maximum atomic E-state index is 12.4. The predicted molar refractivity (Wildman–Crippen MR) is 102 cm³/mol. The number of H-pyrrole nitrogens is 1. The first kappa shape index (κ1) is 16.0. The molecule has 7 heteroatoms. The van der Waals surface area contributed by atoms with E-state index in [0.717, 1.165) is 47.8 Å². The number of pyridine rings is 2. The Kier molecular flexibility index (Phi) is 3.85. The molecule has 2 N–H and O–H groups in total. The molecule has 0 aromatic carbocycles. The quantitative estimate of drug-likeness (QED) is 0.587. The highest BCUT2D eigenvalue weighted by Crippen LogP contribution is 2.33. The standard InChI is InChI=1S/C20H20N6O/c27-20(13-5-8-21-9-6-13)25-14-1-3-15(4-2-14)26-12-24-17-11-23-19-16(18(17)26)7-10-22-19/h5-12,14-15H,1-4H2,(H,22,23)(H,25,27). The van der Waals surface area contributed by atoms with E-state index in [2.05, 4.69) is 35.9 Å². The summed E-state index contributed by atoms with van der Waals surface area (Å²) in [7, 11) is 0.